The van der Waals surface area contributed by atoms with E-state index < -0.39 is 0 Å². The smallest absolute Gasteiger partial charge is 0.239 e. The van der Waals surface area contributed by atoms with Crippen molar-refractivity contribution in [2.75, 3.05) is 54.0 Å². The molecule has 0 aromatic heterocycles. The number of carbonyl (C=O) groups is 1. The molecule has 1 heterocycles. The number of ether oxygens (including phenoxy) is 1. The van der Waals surface area contributed by atoms with Gasteiger partial charge in [0.2, 0.25) is 5.91 Å². The summed E-state index contributed by atoms with van der Waals surface area (Å²) in [6.07, 6.45) is 2.06. The molecular formula is C12H25N3O2. The fourth-order valence-corrected chi connectivity index (χ4v) is 2.08. The molecule has 1 unspecified atom stereocenters. The molecule has 100 valence electrons. The van der Waals surface area contributed by atoms with Gasteiger partial charge in [-0.2, -0.15) is 0 Å². The summed E-state index contributed by atoms with van der Waals surface area (Å²) in [5, 5.41) is 3.08. The summed E-state index contributed by atoms with van der Waals surface area (Å²) < 4.78 is 5.03. The largest absolute Gasteiger partial charge is 0.383 e. The van der Waals surface area contributed by atoms with Gasteiger partial charge in [-0.05, 0) is 26.9 Å². The van der Waals surface area contributed by atoms with Crippen LogP contribution >= 0.6 is 0 Å². The summed E-state index contributed by atoms with van der Waals surface area (Å²) in [7, 11) is 5.62. The molecule has 1 fully saturated rings. The van der Waals surface area contributed by atoms with Crippen LogP contribution < -0.4 is 5.32 Å². The van der Waals surface area contributed by atoms with Crippen LogP contribution in [-0.4, -0.2) is 75.7 Å². The minimum atomic E-state index is 0.0213. The molecule has 1 saturated heterocycles. The number of likely N-dealkylation sites (N-methyl/N-ethyl adjacent to an activating group) is 2. The van der Waals surface area contributed by atoms with Crippen molar-refractivity contribution in [1.82, 2.24) is 15.1 Å². The Bertz CT molecular complexity index is 236. The molecule has 17 heavy (non-hydrogen) atoms. The van der Waals surface area contributed by atoms with Gasteiger partial charge in [-0.15, -0.1) is 0 Å². The lowest BCUT2D eigenvalue weighted by molar-refractivity contribution is -0.135. The lowest BCUT2D eigenvalue weighted by Crippen LogP contribution is -2.51. The topological polar surface area (TPSA) is 44.8 Å². The van der Waals surface area contributed by atoms with E-state index in [1.54, 1.807) is 7.11 Å². The lowest BCUT2D eigenvalue weighted by atomic mass is 10.1. The number of piperidine rings is 1. The van der Waals surface area contributed by atoms with Gasteiger partial charge < -0.3 is 19.9 Å². The van der Waals surface area contributed by atoms with Gasteiger partial charge in [0.25, 0.3) is 0 Å². The van der Waals surface area contributed by atoms with E-state index >= 15 is 0 Å². The Morgan fingerprint density at radius 2 is 2.29 bits per heavy atom. The molecule has 1 atom stereocenters. The molecule has 0 aromatic rings. The Hall–Kier alpha value is -0.650. The Labute approximate surface area is 104 Å². The van der Waals surface area contributed by atoms with E-state index in [9.17, 15) is 4.79 Å². The average Bonchev–Trinajstić information content (AvgIpc) is 2.35. The first-order chi connectivity index (χ1) is 8.19. The fraction of sp³-hybridized carbons (Fsp3) is 0.917. The maximum Gasteiger partial charge on any atom is 0.239 e. The minimum absolute atomic E-state index is 0.0213. The van der Waals surface area contributed by atoms with Crippen LogP contribution in [0.1, 0.15) is 12.8 Å². The van der Waals surface area contributed by atoms with E-state index in [4.69, 9.17) is 4.74 Å². The molecule has 0 saturated carbocycles. The van der Waals surface area contributed by atoms with Crippen molar-refractivity contribution in [2.45, 2.75) is 18.9 Å². The maximum absolute atomic E-state index is 12.0. The third kappa shape index (κ3) is 4.61. The van der Waals surface area contributed by atoms with Crippen molar-refractivity contribution in [1.29, 1.82) is 0 Å². The second-order valence-corrected chi connectivity index (χ2v) is 4.60. The van der Waals surface area contributed by atoms with Crippen molar-refractivity contribution in [2.24, 2.45) is 0 Å². The highest BCUT2D eigenvalue weighted by Gasteiger charge is 2.26. The van der Waals surface area contributed by atoms with Crippen LogP contribution in [0.25, 0.3) is 0 Å². The van der Waals surface area contributed by atoms with Gasteiger partial charge in [0.05, 0.1) is 12.6 Å². The van der Waals surface area contributed by atoms with E-state index in [1.165, 1.54) is 0 Å². The normalized spacial score (nSPS) is 21.3. The predicted molar refractivity (Wildman–Crippen MR) is 68.0 cm³/mol. The van der Waals surface area contributed by atoms with Gasteiger partial charge in [0.1, 0.15) is 0 Å². The van der Waals surface area contributed by atoms with Gasteiger partial charge in [0.15, 0.2) is 0 Å². The van der Waals surface area contributed by atoms with Crippen LogP contribution in [0.3, 0.4) is 0 Å². The summed E-state index contributed by atoms with van der Waals surface area (Å²) in [5.74, 6) is 0.249. The minimum Gasteiger partial charge on any atom is -0.383 e. The Morgan fingerprint density at radius 3 is 2.94 bits per heavy atom. The van der Waals surface area contributed by atoms with Crippen LogP contribution in [-0.2, 0) is 9.53 Å². The van der Waals surface area contributed by atoms with E-state index in [-0.39, 0.29) is 11.9 Å². The molecule has 0 bridgehead atoms. The Kier molecular flexibility index (Phi) is 6.47. The molecule has 1 rings (SSSR count). The molecule has 0 spiro atoms. The summed E-state index contributed by atoms with van der Waals surface area (Å²) in [6.45, 7) is 4.27. The zero-order chi connectivity index (χ0) is 12.7. The highest BCUT2D eigenvalue weighted by Crippen LogP contribution is 2.10. The summed E-state index contributed by atoms with van der Waals surface area (Å²) in [4.78, 5) is 16.2. The van der Waals surface area contributed by atoms with E-state index in [1.807, 2.05) is 11.9 Å². The summed E-state index contributed by atoms with van der Waals surface area (Å²) in [5.41, 5.74) is 0. The SMILES string of the molecule is CNC1CCCN(CCN(C)CCOC)C1=O. The van der Waals surface area contributed by atoms with Crippen molar-refractivity contribution >= 4 is 5.91 Å². The monoisotopic (exact) mass is 243 g/mol. The van der Waals surface area contributed by atoms with Crippen molar-refractivity contribution < 1.29 is 9.53 Å². The lowest BCUT2D eigenvalue weighted by Gasteiger charge is -2.33. The molecule has 0 aliphatic carbocycles. The van der Waals surface area contributed by atoms with Gasteiger partial charge in [0, 0.05) is 33.3 Å². The highest BCUT2D eigenvalue weighted by molar-refractivity contribution is 5.82. The second kappa shape index (κ2) is 7.63. The fourth-order valence-electron chi connectivity index (χ4n) is 2.08. The van der Waals surface area contributed by atoms with Crippen molar-refractivity contribution in [3.05, 3.63) is 0 Å². The molecule has 1 N–H and O–H groups in total. The summed E-state index contributed by atoms with van der Waals surface area (Å²) in [6, 6.07) is 0.0213. The van der Waals surface area contributed by atoms with Crippen LogP contribution in [0, 0.1) is 0 Å². The number of nitrogens with one attached hydrogen (secondary N) is 1. The molecule has 0 aromatic carbocycles. The number of hydrogen-bond donors (Lipinski definition) is 1. The number of rotatable bonds is 7. The van der Waals surface area contributed by atoms with Gasteiger partial charge in [-0.3, -0.25) is 4.79 Å². The zero-order valence-electron chi connectivity index (χ0n) is 11.2. The molecule has 5 heteroatoms. The summed E-state index contributed by atoms with van der Waals surface area (Å²) >= 11 is 0. The van der Waals surface area contributed by atoms with Crippen LogP contribution in [0.2, 0.25) is 0 Å². The zero-order valence-corrected chi connectivity index (χ0v) is 11.2. The molecule has 1 amide bonds. The van der Waals surface area contributed by atoms with E-state index in [2.05, 4.69) is 17.3 Å². The molecule has 1 aliphatic heterocycles. The average molecular weight is 243 g/mol. The highest BCUT2D eigenvalue weighted by atomic mass is 16.5. The number of methoxy groups -OCH3 is 1. The Morgan fingerprint density at radius 1 is 1.53 bits per heavy atom. The molecule has 1 aliphatic rings. The van der Waals surface area contributed by atoms with Gasteiger partial charge >= 0.3 is 0 Å². The molecule has 5 nitrogen and oxygen atoms in total. The number of likely N-dealkylation sites (tertiary alicyclic amines) is 1. The number of amides is 1. The first-order valence-electron chi connectivity index (χ1n) is 6.32. The quantitative estimate of drug-likeness (QED) is 0.671. The van der Waals surface area contributed by atoms with E-state index in [0.717, 1.165) is 45.6 Å². The van der Waals surface area contributed by atoms with Crippen LogP contribution in [0.15, 0.2) is 0 Å². The standard InChI is InChI=1S/C12H25N3O2/c1-13-11-5-4-6-15(12(11)16)8-7-14(2)9-10-17-3/h11,13H,4-10H2,1-3H3. The maximum atomic E-state index is 12.0. The molecule has 0 radical (unpaired) electrons. The second-order valence-electron chi connectivity index (χ2n) is 4.60. The first-order valence-corrected chi connectivity index (χ1v) is 6.32. The van der Waals surface area contributed by atoms with Gasteiger partial charge in [-0.25, -0.2) is 0 Å². The number of hydrogen-bond acceptors (Lipinski definition) is 4. The first kappa shape index (κ1) is 14.4. The number of carbonyl (C=O) groups excluding carboxylic acids is 1. The predicted octanol–water partition coefficient (Wildman–Crippen LogP) is -0.225. The third-order valence-corrected chi connectivity index (χ3v) is 3.31. The van der Waals surface area contributed by atoms with E-state index in [0.29, 0.717) is 0 Å². The van der Waals surface area contributed by atoms with Crippen molar-refractivity contribution in [3.8, 4) is 0 Å². The van der Waals surface area contributed by atoms with Gasteiger partial charge in [-0.1, -0.05) is 0 Å². The third-order valence-electron chi connectivity index (χ3n) is 3.31. The Balaban J connectivity index is 2.28. The number of nitrogens with zero attached hydrogens (tertiary/aromatic N) is 2. The van der Waals surface area contributed by atoms with Crippen molar-refractivity contribution in [3.63, 3.8) is 0 Å². The van der Waals surface area contributed by atoms with Crippen LogP contribution in [0.4, 0.5) is 0 Å². The van der Waals surface area contributed by atoms with Crippen LogP contribution in [0.5, 0.6) is 0 Å². The molecular weight excluding hydrogens is 218 g/mol.